The van der Waals surface area contributed by atoms with Crippen LogP contribution in [0.3, 0.4) is 0 Å². The number of benzene rings is 2. The summed E-state index contributed by atoms with van der Waals surface area (Å²) in [6.07, 6.45) is 0. The van der Waals surface area contributed by atoms with Crippen molar-refractivity contribution < 1.29 is 14.6 Å². The van der Waals surface area contributed by atoms with Gasteiger partial charge in [0, 0.05) is 5.56 Å². The fourth-order valence-corrected chi connectivity index (χ4v) is 1.67. The van der Waals surface area contributed by atoms with Gasteiger partial charge in [0.05, 0.1) is 7.11 Å². The second-order valence-corrected chi connectivity index (χ2v) is 3.69. The lowest BCUT2D eigenvalue weighted by Crippen LogP contribution is -2.10. The predicted molar refractivity (Wildman–Crippen MR) is 64.3 cm³/mol. The van der Waals surface area contributed by atoms with Crippen molar-refractivity contribution in [2.75, 3.05) is 7.11 Å². The Hall–Kier alpha value is -1.91. The van der Waals surface area contributed by atoms with E-state index in [0.717, 1.165) is 16.3 Å². The van der Waals surface area contributed by atoms with Crippen molar-refractivity contribution in [2.24, 2.45) is 5.73 Å². The molecular formula is C13H13NO3. The van der Waals surface area contributed by atoms with E-state index in [0.29, 0.717) is 12.2 Å². The normalized spacial score (nSPS) is 10.6. The minimum Gasteiger partial charge on any atom is -0.366 e. The van der Waals surface area contributed by atoms with Crippen molar-refractivity contribution in [3.8, 4) is 0 Å². The summed E-state index contributed by atoms with van der Waals surface area (Å²) in [5, 5.41) is 2.01. The first-order chi connectivity index (χ1) is 8.20. The Bertz CT molecular complexity index is 551. The average molecular weight is 231 g/mol. The maximum atomic E-state index is 11.0. The fraction of sp³-hybridized carbons (Fsp3) is 0.154. The topological polar surface area (TPSA) is 61.6 Å². The summed E-state index contributed by atoms with van der Waals surface area (Å²) in [6, 6.07) is 11.2. The van der Waals surface area contributed by atoms with Crippen molar-refractivity contribution in [3.63, 3.8) is 0 Å². The molecule has 0 saturated carbocycles. The summed E-state index contributed by atoms with van der Waals surface area (Å²) in [5.74, 6) is -0.418. The molecule has 0 aliphatic heterocycles. The van der Waals surface area contributed by atoms with Crippen LogP contribution in [0.25, 0.3) is 10.8 Å². The first-order valence-corrected chi connectivity index (χ1v) is 5.19. The molecule has 0 unspecified atom stereocenters. The standard InChI is InChI=1S/C13H13NO3/c1-16-17-8-9-2-3-11-7-12(13(14)15)5-4-10(11)6-9/h2-7H,8H2,1H3,(H2,14,15). The molecule has 1 amide bonds. The largest absolute Gasteiger partial charge is 0.366 e. The zero-order valence-electron chi connectivity index (χ0n) is 9.47. The van der Waals surface area contributed by atoms with E-state index < -0.39 is 5.91 Å². The summed E-state index contributed by atoms with van der Waals surface area (Å²) < 4.78 is 0. The third-order valence-corrected chi connectivity index (χ3v) is 2.53. The van der Waals surface area contributed by atoms with Crippen LogP contribution in [-0.4, -0.2) is 13.0 Å². The first-order valence-electron chi connectivity index (χ1n) is 5.19. The highest BCUT2D eigenvalue weighted by Crippen LogP contribution is 2.18. The number of hydrogen-bond acceptors (Lipinski definition) is 3. The van der Waals surface area contributed by atoms with E-state index in [4.69, 9.17) is 10.6 Å². The average Bonchev–Trinajstić information content (AvgIpc) is 2.35. The van der Waals surface area contributed by atoms with E-state index in [1.54, 1.807) is 12.1 Å². The van der Waals surface area contributed by atoms with Gasteiger partial charge in [0.15, 0.2) is 0 Å². The molecule has 17 heavy (non-hydrogen) atoms. The minimum atomic E-state index is -0.418. The molecule has 0 aliphatic rings. The van der Waals surface area contributed by atoms with Crippen molar-refractivity contribution in [1.82, 2.24) is 0 Å². The third kappa shape index (κ3) is 2.61. The molecule has 2 aromatic carbocycles. The summed E-state index contributed by atoms with van der Waals surface area (Å²) in [7, 11) is 1.47. The highest BCUT2D eigenvalue weighted by atomic mass is 17.2. The third-order valence-electron chi connectivity index (χ3n) is 2.53. The fourth-order valence-electron chi connectivity index (χ4n) is 1.67. The molecule has 0 heterocycles. The van der Waals surface area contributed by atoms with Crippen LogP contribution in [0.15, 0.2) is 36.4 Å². The van der Waals surface area contributed by atoms with Crippen LogP contribution in [0.2, 0.25) is 0 Å². The monoisotopic (exact) mass is 231 g/mol. The first kappa shape index (κ1) is 11.6. The van der Waals surface area contributed by atoms with Crippen LogP contribution in [-0.2, 0) is 16.4 Å². The smallest absolute Gasteiger partial charge is 0.248 e. The Morgan fingerprint density at radius 1 is 1.18 bits per heavy atom. The lowest BCUT2D eigenvalue weighted by Gasteiger charge is -2.04. The van der Waals surface area contributed by atoms with Gasteiger partial charge in [-0.05, 0) is 34.5 Å². The molecule has 0 radical (unpaired) electrons. The molecule has 2 rings (SSSR count). The molecule has 0 bridgehead atoms. The van der Waals surface area contributed by atoms with Gasteiger partial charge in [-0.2, -0.15) is 0 Å². The van der Waals surface area contributed by atoms with E-state index in [2.05, 4.69) is 4.89 Å². The van der Waals surface area contributed by atoms with Gasteiger partial charge in [-0.15, -0.1) is 0 Å². The van der Waals surface area contributed by atoms with Crippen LogP contribution in [0.5, 0.6) is 0 Å². The number of hydrogen-bond donors (Lipinski definition) is 1. The zero-order chi connectivity index (χ0) is 12.3. The summed E-state index contributed by atoms with van der Waals surface area (Å²) in [4.78, 5) is 20.4. The molecule has 4 nitrogen and oxygen atoms in total. The van der Waals surface area contributed by atoms with Gasteiger partial charge >= 0.3 is 0 Å². The van der Waals surface area contributed by atoms with Gasteiger partial charge in [-0.3, -0.25) is 4.79 Å². The van der Waals surface area contributed by atoms with Crippen molar-refractivity contribution >= 4 is 16.7 Å². The maximum Gasteiger partial charge on any atom is 0.248 e. The highest BCUT2D eigenvalue weighted by molar-refractivity contribution is 5.97. The maximum absolute atomic E-state index is 11.0. The zero-order valence-corrected chi connectivity index (χ0v) is 9.47. The summed E-state index contributed by atoms with van der Waals surface area (Å²) >= 11 is 0. The molecule has 2 N–H and O–H groups in total. The number of carbonyl (C=O) groups is 1. The van der Waals surface area contributed by atoms with Gasteiger partial charge in [-0.1, -0.05) is 18.2 Å². The number of rotatable bonds is 4. The number of amides is 1. The molecular weight excluding hydrogens is 218 g/mol. The van der Waals surface area contributed by atoms with Gasteiger partial charge in [0.2, 0.25) is 5.91 Å². The van der Waals surface area contributed by atoms with Crippen LogP contribution >= 0.6 is 0 Å². The number of primary amides is 1. The second-order valence-electron chi connectivity index (χ2n) is 3.69. The quantitative estimate of drug-likeness (QED) is 0.646. The molecule has 0 fully saturated rings. The lowest BCUT2D eigenvalue weighted by molar-refractivity contribution is -0.282. The Labute approximate surface area is 98.9 Å². The van der Waals surface area contributed by atoms with Gasteiger partial charge in [0.1, 0.15) is 6.61 Å². The molecule has 88 valence electrons. The van der Waals surface area contributed by atoms with Crippen LogP contribution in [0.4, 0.5) is 0 Å². The molecule has 0 aromatic heterocycles. The van der Waals surface area contributed by atoms with E-state index in [1.165, 1.54) is 7.11 Å². The second kappa shape index (κ2) is 4.95. The molecule has 0 aliphatic carbocycles. The van der Waals surface area contributed by atoms with E-state index in [1.807, 2.05) is 24.3 Å². The number of fused-ring (bicyclic) bond motifs is 1. The number of nitrogens with two attached hydrogens (primary N) is 1. The highest BCUT2D eigenvalue weighted by Gasteiger charge is 2.02. The molecule has 0 saturated heterocycles. The van der Waals surface area contributed by atoms with E-state index in [9.17, 15) is 4.79 Å². The van der Waals surface area contributed by atoms with Gasteiger partial charge in [-0.25, -0.2) is 9.78 Å². The van der Waals surface area contributed by atoms with Gasteiger partial charge in [0.25, 0.3) is 0 Å². The Morgan fingerprint density at radius 2 is 1.88 bits per heavy atom. The van der Waals surface area contributed by atoms with Crippen molar-refractivity contribution in [1.29, 1.82) is 0 Å². The Balaban J connectivity index is 2.36. The summed E-state index contributed by atoms with van der Waals surface area (Å²) in [6.45, 7) is 0.393. The number of carbonyl (C=O) groups excluding carboxylic acids is 1. The van der Waals surface area contributed by atoms with Crippen molar-refractivity contribution in [2.45, 2.75) is 6.61 Å². The lowest BCUT2D eigenvalue weighted by atomic mass is 10.0. The Morgan fingerprint density at radius 3 is 2.59 bits per heavy atom. The predicted octanol–water partition coefficient (Wildman–Crippen LogP) is 2.02. The van der Waals surface area contributed by atoms with E-state index >= 15 is 0 Å². The van der Waals surface area contributed by atoms with E-state index in [-0.39, 0.29) is 0 Å². The molecule has 0 spiro atoms. The van der Waals surface area contributed by atoms with Crippen LogP contribution < -0.4 is 5.73 Å². The summed E-state index contributed by atoms with van der Waals surface area (Å²) in [5.41, 5.74) is 6.74. The van der Waals surface area contributed by atoms with Crippen LogP contribution in [0, 0.1) is 0 Å². The molecule has 2 aromatic rings. The molecule has 0 atom stereocenters. The molecule has 4 heteroatoms. The SMILES string of the molecule is COOCc1ccc2cc(C(N)=O)ccc2c1. The van der Waals surface area contributed by atoms with Crippen molar-refractivity contribution in [3.05, 3.63) is 47.5 Å². The minimum absolute atomic E-state index is 0.393. The van der Waals surface area contributed by atoms with Gasteiger partial charge < -0.3 is 5.73 Å². The van der Waals surface area contributed by atoms with Crippen LogP contribution in [0.1, 0.15) is 15.9 Å². The Kier molecular flexibility index (Phi) is 3.37.